The van der Waals surface area contributed by atoms with Crippen LogP contribution in [-0.2, 0) is 6.61 Å². The molecule has 1 fully saturated rings. The third-order valence-corrected chi connectivity index (χ3v) is 2.32. The molecule has 0 spiro atoms. The van der Waals surface area contributed by atoms with Gasteiger partial charge in [-0.15, -0.1) is 0 Å². The first-order chi connectivity index (χ1) is 6.79. The zero-order valence-electron chi connectivity index (χ0n) is 7.80. The highest BCUT2D eigenvalue weighted by molar-refractivity contribution is 5.31. The smallest absolute Gasteiger partial charge is 0.225 e. The van der Waals surface area contributed by atoms with Crippen LogP contribution in [-0.4, -0.2) is 39.4 Å². The van der Waals surface area contributed by atoms with Gasteiger partial charge in [0, 0.05) is 31.0 Å². The molecule has 0 amide bonds. The van der Waals surface area contributed by atoms with Crippen molar-refractivity contribution in [1.82, 2.24) is 9.97 Å². The summed E-state index contributed by atoms with van der Waals surface area (Å²) >= 11 is 0. The van der Waals surface area contributed by atoms with E-state index in [2.05, 4.69) is 9.97 Å². The average Bonchev–Trinajstić information content (AvgIpc) is 2.65. The summed E-state index contributed by atoms with van der Waals surface area (Å²) in [6, 6.07) is 0. The Bertz CT molecular complexity index is 301. The molecule has 14 heavy (non-hydrogen) atoms. The predicted octanol–water partition coefficient (Wildman–Crippen LogP) is -0.460. The van der Waals surface area contributed by atoms with Crippen molar-refractivity contribution in [3.05, 3.63) is 18.0 Å². The monoisotopic (exact) mass is 195 g/mol. The average molecular weight is 195 g/mol. The molecule has 2 rings (SSSR count). The Labute approximate surface area is 82.0 Å². The fourth-order valence-corrected chi connectivity index (χ4v) is 1.52. The lowest BCUT2D eigenvalue weighted by Crippen LogP contribution is -2.23. The number of nitrogens with zero attached hydrogens (tertiary/aromatic N) is 3. The van der Waals surface area contributed by atoms with Crippen molar-refractivity contribution < 1.29 is 10.2 Å². The number of anilines is 1. The van der Waals surface area contributed by atoms with Crippen LogP contribution in [0.3, 0.4) is 0 Å². The molecule has 1 aliphatic rings. The summed E-state index contributed by atoms with van der Waals surface area (Å²) in [6.45, 7) is 1.35. The van der Waals surface area contributed by atoms with Crippen LogP contribution >= 0.6 is 0 Å². The maximum absolute atomic E-state index is 9.32. The van der Waals surface area contributed by atoms with E-state index in [0.29, 0.717) is 18.1 Å². The van der Waals surface area contributed by atoms with Crippen LogP contribution in [0.5, 0.6) is 0 Å². The molecular formula is C9H13N3O2. The number of hydrogen-bond acceptors (Lipinski definition) is 5. The molecule has 2 heterocycles. The van der Waals surface area contributed by atoms with Gasteiger partial charge in [0.2, 0.25) is 5.95 Å². The summed E-state index contributed by atoms with van der Waals surface area (Å²) in [5, 5.41) is 18.1. The van der Waals surface area contributed by atoms with Crippen molar-refractivity contribution in [2.24, 2.45) is 0 Å². The summed E-state index contributed by atoms with van der Waals surface area (Å²) in [5.41, 5.74) is 0.702. The van der Waals surface area contributed by atoms with Crippen LogP contribution < -0.4 is 4.90 Å². The largest absolute Gasteiger partial charge is 0.392 e. The molecular weight excluding hydrogens is 182 g/mol. The topological polar surface area (TPSA) is 69.5 Å². The molecule has 2 N–H and O–H groups in total. The lowest BCUT2D eigenvalue weighted by atomic mass is 10.3. The molecule has 0 bridgehead atoms. The molecule has 0 unspecified atom stereocenters. The van der Waals surface area contributed by atoms with Gasteiger partial charge in [-0.1, -0.05) is 0 Å². The van der Waals surface area contributed by atoms with E-state index >= 15 is 0 Å². The highest BCUT2D eigenvalue weighted by Gasteiger charge is 2.21. The van der Waals surface area contributed by atoms with Crippen LogP contribution in [0.25, 0.3) is 0 Å². The quantitative estimate of drug-likeness (QED) is 0.668. The maximum Gasteiger partial charge on any atom is 0.225 e. The van der Waals surface area contributed by atoms with E-state index in [1.54, 1.807) is 12.4 Å². The molecule has 1 atom stereocenters. The summed E-state index contributed by atoms with van der Waals surface area (Å²) < 4.78 is 0. The van der Waals surface area contributed by atoms with E-state index in [4.69, 9.17) is 5.11 Å². The van der Waals surface area contributed by atoms with Crippen LogP contribution in [0.4, 0.5) is 5.95 Å². The first-order valence-corrected chi connectivity index (χ1v) is 4.64. The number of aromatic nitrogens is 2. The molecule has 0 aliphatic carbocycles. The molecule has 0 radical (unpaired) electrons. The highest BCUT2D eigenvalue weighted by atomic mass is 16.3. The number of rotatable bonds is 2. The first-order valence-electron chi connectivity index (χ1n) is 4.64. The standard InChI is InChI=1S/C9H13N3O2/c13-6-7-3-10-9(11-4-7)12-2-1-8(14)5-12/h3-4,8,13-14H,1-2,5-6H2/t8-/m0/s1. The summed E-state index contributed by atoms with van der Waals surface area (Å²) in [4.78, 5) is 10.2. The van der Waals surface area contributed by atoms with Crippen LogP contribution in [0.1, 0.15) is 12.0 Å². The number of aliphatic hydroxyl groups excluding tert-OH is 2. The summed E-state index contributed by atoms with van der Waals surface area (Å²) in [7, 11) is 0. The molecule has 0 saturated carbocycles. The summed E-state index contributed by atoms with van der Waals surface area (Å²) in [6.07, 6.45) is 3.71. The number of β-amino-alcohol motifs (C(OH)–C–C–N with tert-alkyl or cyclic N) is 1. The minimum absolute atomic E-state index is 0.0388. The molecule has 1 aromatic heterocycles. The SMILES string of the molecule is OCc1cnc(N2CC[C@H](O)C2)nc1. The third kappa shape index (κ3) is 1.83. The Kier molecular flexibility index (Phi) is 2.60. The van der Waals surface area contributed by atoms with E-state index in [1.165, 1.54) is 0 Å². The molecule has 1 aromatic rings. The van der Waals surface area contributed by atoms with Crippen molar-refractivity contribution in [3.63, 3.8) is 0 Å². The van der Waals surface area contributed by atoms with Gasteiger partial charge in [-0.2, -0.15) is 0 Å². The zero-order valence-corrected chi connectivity index (χ0v) is 7.80. The van der Waals surface area contributed by atoms with Crippen LogP contribution in [0, 0.1) is 0 Å². The fraction of sp³-hybridized carbons (Fsp3) is 0.556. The molecule has 0 aromatic carbocycles. The van der Waals surface area contributed by atoms with Gasteiger partial charge in [-0.25, -0.2) is 9.97 Å². The normalized spacial score (nSPS) is 21.6. The van der Waals surface area contributed by atoms with Gasteiger partial charge < -0.3 is 15.1 Å². The van der Waals surface area contributed by atoms with Crippen molar-refractivity contribution >= 4 is 5.95 Å². The van der Waals surface area contributed by atoms with Gasteiger partial charge in [0.1, 0.15) is 0 Å². The third-order valence-electron chi connectivity index (χ3n) is 2.32. The van der Waals surface area contributed by atoms with E-state index < -0.39 is 0 Å². The van der Waals surface area contributed by atoms with Gasteiger partial charge in [0.15, 0.2) is 0 Å². The highest BCUT2D eigenvalue weighted by Crippen LogP contribution is 2.15. The van der Waals surface area contributed by atoms with Gasteiger partial charge >= 0.3 is 0 Å². The van der Waals surface area contributed by atoms with E-state index in [9.17, 15) is 5.11 Å². The number of aliphatic hydroxyl groups is 2. The second-order valence-electron chi connectivity index (χ2n) is 3.44. The fourth-order valence-electron chi connectivity index (χ4n) is 1.52. The van der Waals surface area contributed by atoms with Gasteiger partial charge in [0.25, 0.3) is 0 Å². The van der Waals surface area contributed by atoms with Crippen LogP contribution in [0.2, 0.25) is 0 Å². The minimum atomic E-state index is -0.267. The van der Waals surface area contributed by atoms with E-state index in [-0.39, 0.29) is 12.7 Å². The van der Waals surface area contributed by atoms with Crippen LogP contribution in [0.15, 0.2) is 12.4 Å². The Morgan fingerprint density at radius 1 is 1.43 bits per heavy atom. The lowest BCUT2D eigenvalue weighted by Gasteiger charge is -2.14. The molecule has 76 valence electrons. The first kappa shape index (κ1) is 9.36. The molecule has 5 heteroatoms. The Balaban J connectivity index is 2.09. The van der Waals surface area contributed by atoms with Crippen molar-refractivity contribution in [2.75, 3.05) is 18.0 Å². The molecule has 1 saturated heterocycles. The maximum atomic E-state index is 9.32. The second-order valence-corrected chi connectivity index (χ2v) is 3.44. The Morgan fingerprint density at radius 3 is 2.64 bits per heavy atom. The van der Waals surface area contributed by atoms with Crippen molar-refractivity contribution in [1.29, 1.82) is 0 Å². The van der Waals surface area contributed by atoms with Gasteiger partial charge in [0.05, 0.1) is 12.7 Å². The minimum Gasteiger partial charge on any atom is -0.392 e. The Morgan fingerprint density at radius 2 is 2.14 bits per heavy atom. The predicted molar refractivity (Wildman–Crippen MR) is 50.8 cm³/mol. The summed E-state index contributed by atoms with van der Waals surface area (Å²) in [5.74, 6) is 0.624. The molecule has 5 nitrogen and oxygen atoms in total. The lowest BCUT2D eigenvalue weighted by molar-refractivity contribution is 0.198. The molecule has 1 aliphatic heterocycles. The van der Waals surface area contributed by atoms with Crippen molar-refractivity contribution in [3.8, 4) is 0 Å². The second kappa shape index (κ2) is 3.89. The van der Waals surface area contributed by atoms with E-state index in [0.717, 1.165) is 13.0 Å². The van der Waals surface area contributed by atoms with E-state index in [1.807, 2.05) is 4.90 Å². The number of hydrogen-bond donors (Lipinski definition) is 2. The van der Waals surface area contributed by atoms with Gasteiger partial charge in [-0.3, -0.25) is 0 Å². The Hall–Kier alpha value is -1.20. The van der Waals surface area contributed by atoms with Gasteiger partial charge in [-0.05, 0) is 6.42 Å². The zero-order chi connectivity index (χ0) is 9.97. The van der Waals surface area contributed by atoms with Crippen molar-refractivity contribution in [2.45, 2.75) is 19.1 Å².